The quantitative estimate of drug-likeness (QED) is 0.366. The molecule has 25 heavy (non-hydrogen) atoms. The summed E-state index contributed by atoms with van der Waals surface area (Å²) in [5.74, 6) is 0. The van der Waals surface area contributed by atoms with Gasteiger partial charge in [0.2, 0.25) is 0 Å². The molecule has 2 aromatic heterocycles. The number of thioether (sulfide) groups is 1. The summed E-state index contributed by atoms with van der Waals surface area (Å²) in [4.78, 5) is 4.19. The van der Waals surface area contributed by atoms with Gasteiger partial charge in [0.1, 0.15) is 16.4 Å². The second-order valence-electron chi connectivity index (χ2n) is 5.73. The third kappa shape index (κ3) is 3.89. The normalized spacial score (nSPS) is 11.2. The number of unbranched alkanes of at least 4 members (excludes halogenated alkanes) is 2. The highest BCUT2D eigenvalue weighted by molar-refractivity contribution is 7.98. The smallest absolute Gasteiger partial charge is 0.119 e. The monoisotopic (exact) mass is 394 g/mol. The van der Waals surface area contributed by atoms with Crippen molar-refractivity contribution in [1.82, 2.24) is 19.3 Å². The maximum Gasteiger partial charge on any atom is 0.119 e. The molecule has 0 spiro atoms. The molecule has 4 nitrogen and oxygen atoms in total. The van der Waals surface area contributed by atoms with Crippen molar-refractivity contribution < 1.29 is 0 Å². The van der Waals surface area contributed by atoms with Crippen LogP contribution in [-0.2, 0) is 6.54 Å². The molecular weight excluding hydrogens is 375 g/mol. The van der Waals surface area contributed by atoms with Gasteiger partial charge in [0.25, 0.3) is 0 Å². The van der Waals surface area contributed by atoms with E-state index in [-0.39, 0.29) is 0 Å². The van der Waals surface area contributed by atoms with Gasteiger partial charge in [-0.25, -0.2) is 4.98 Å². The topological polar surface area (TPSA) is 35.6 Å². The summed E-state index contributed by atoms with van der Waals surface area (Å²) in [6.45, 7) is 3.09. The van der Waals surface area contributed by atoms with Crippen LogP contribution in [0.3, 0.4) is 0 Å². The van der Waals surface area contributed by atoms with Crippen LogP contribution in [0, 0.1) is 0 Å². The zero-order valence-electron chi connectivity index (χ0n) is 14.2. The Bertz CT molecular complexity index is 843. The molecule has 0 aliphatic rings. The number of nitrogens with zero attached hydrogens (tertiary/aromatic N) is 4. The molecule has 1 aromatic carbocycles. The zero-order valence-corrected chi connectivity index (χ0v) is 16.6. The first-order valence-electron chi connectivity index (χ1n) is 8.24. The van der Waals surface area contributed by atoms with Crippen molar-refractivity contribution in [3.8, 4) is 16.9 Å². The van der Waals surface area contributed by atoms with Gasteiger partial charge in [0.05, 0.1) is 11.3 Å². The summed E-state index contributed by atoms with van der Waals surface area (Å²) in [6, 6.07) is 5.52. The summed E-state index contributed by atoms with van der Waals surface area (Å²) < 4.78 is 4.07. The van der Waals surface area contributed by atoms with Crippen molar-refractivity contribution in [3.05, 3.63) is 47.0 Å². The van der Waals surface area contributed by atoms with Crippen molar-refractivity contribution in [3.63, 3.8) is 0 Å². The predicted octanol–water partition coefficient (Wildman–Crippen LogP) is 5.95. The molecule has 0 aliphatic heterocycles. The number of hydrogen-bond acceptors (Lipinski definition) is 3. The fraction of sp³-hybridized carbons (Fsp3) is 0.333. The molecule has 0 N–H and O–H groups in total. The first-order chi connectivity index (χ1) is 12.2. The van der Waals surface area contributed by atoms with Crippen LogP contribution in [-0.4, -0.2) is 25.6 Å². The van der Waals surface area contributed by atoms with E-state index in [2.05, 4.69) is 22.8 Å². The van der Waals surface area contributed by atoms with Gasteiger partial charge in [-0.3, -0.25) is 4.68 Å². The lowest BCUT2D eigenvalue weighted by molar-refractivity contribution is 0.521. The fourth-order valence-corrected chi connectivity index (χ4v) is 4.03. The van der Waals surface area contributed by atoms with E-state index in [1.54, 1.807) is 30.4 Å². The van der Waals surface area contributed by atoms with Gasteiger partial charge in [0.15, 0.2) is 0 Å². The summed E-state index contributed by atoms with van der Waals surface area (Å²) >= 11 is 14.2. The molecule has 0 atom stereocenters. The van der Waals surface area contributed by atoms with E-state index in [9.17, 15) is 0 Å². The second-order valence-corrected chi connectivity index (χ2v) is 7.37. The van der Waals surface area contributed by atoms with Crippen molar-refractivity contribution in [1.29, 1.82) is 0 Å². The van der Waals surface area contributed by atoms with E-state index in [0.29, 0.717) is 10.0 Å². The van der Waals surface area contributed by atoms with E-state index in [0.717, 1.165) is 34.9 Å². The van der Waals surface area contributed by atoms with Crippen molar-refractivity contribution >= 4 is 35.0 Å². The first kappa shape index (κ1) is 18.4. The Labute approximate surface area is 162 Å². The SMILES string of the molecule is CCCCCn1nc(-c2ccc(Cl)cc2Cl)c(-n2ccnc2)c1SC. The maximum atomic E-state index is 6.46. The number of halogens is 2. The van der Waals surface area contributed by atoms with Crippen LogP contribution in [0.25, 0.3) is 16.9 Å². The lowest BCUT2D eigenvalue weighted by Gasteiger charge is -2.08. The summed E-state index contributed by atoms with van der Waals surface area (Å²) in [5.41, 5.74) is 2.73. The highest BCUT2D eigenvalue weighted by Gasteiger charge is 2.21. The Hall–Kier alpha value is -1.43. The van der Waals surface area contributed by atoms with Crippen molar-refractivity contribution in [2.75, 3.05) is 6.26 Å². The largest absolute Gasteiger partial charge is 0.302 e. The number of imidazole rings is 1. The van der Waals surface area contributed by atoms with Crippen LogP contribution in [0.1, 0.15) is 26.2 Å². The van der Waals surface area contributed by atoms with E-state index in [1.807, 2.05) is 22.9 Å². The fourth-order valence-electron chi connectivity index (χ4n) is 2.79. The summed E-state index contributed by atoms with van der Waals surface area (Å²) in [5, 5.41) is 7.21. The highest BCUT2D eigenvalue weighted by atomic mass is 35.5. The van der Waals surface area contributed by atoms with Crippen LogP contribution in [0.15, 0.2) is 41.9 Å². The molecule has 132 valence electrons. The number of benzene rings is 1. The minimum atomic E-state index is 0.597. The average Bonchev–Trinajstić information content (AvgIpc) is 3.22. The number of aryl methyl sites for hydroxylation is 1. The summed E-state index contributed by atoms with van der Waals surface area (Å²) in [6.07, 6.45) is 11.0. The van der Waals surface area contributed by atoms with Gasteiger partial charge in [-0.1, -0.05) is 43.0 Å². The third-order valence-corrected chi connectivity index (χ3v) is 5.34. The highest BCUT2D eigenvalue weighted by Crippen LogP contribution is 2.38. The first-order valence-corrected chi connectivity index (χ1v) is 10.2. The maximum absolute atomic E-state index is 6.46. The Morgan fingerprint density at radius 3 is 2.68 bits per heavy atom. The van der Waals surface area contributed by atoms with Gasteiger partial charge in [0, 0.05) is 29.5 Å². The Kier molecular flexibility index (Phi) is 6.10. The van der Waals surface area contributed by atoms with Gasteiger partial charge >= 0.3 is 0 Å². The third-order valence-electron chi connectivity index (χ3n) is 4.00. The minimum Gasteiger partial charge on any atom is -0.302 e. The molecule has 0 fully saturated rings. The predicted molar refractivity (Wildman–Crippen MR) is 106 cm³/mol. The molecule has 0 radical (unpaired) electrons. The Morgan fingerprint density at radius 2 is 2.04 bits per heavy atom. The van der Waals surface area contributed by atoms with Gasteiger partial charge < -0.3 is 4.57 Å². The zero-order chi connectivity index (χ0) is 17.8. The molecule has 0 saturated heterocycles. The lowest BCUT2D eigenvalue weighted by atomic mass is 10.1. The van der Waals surface area contributed by atoms with E-state index in [1.165, 1.54) is 12.8 Å². The van der Waals surface area contributed by atoms with E-state index >= 15 is 0 Å². The molecule has 0 saturated carbocycles. The molecule has 2 heterocycles. The number of rotatable bonds is 7. The van der Waals surface area contributed by atoms with E-state index < -0.39 is 0 Å². The van der Waals surface area contributed by atoms with Crippen LogP contribution < -0.4 is 0 Å². The average molecular weight is 395 g/mol. The second kappa shape index (κ2) is 8.30. The minimum absolute atomic E-state index is 0.597. The molecule has 3 rings (SSSR count). The molecule has 7 heteroatoms. The van der Waals surface area contributed by atoms with Crippen molar-refractivity contribution in [2.45, 2.75) is 37.8 Å². The van der Waals surface area contributed by atoms with Gasteiger partial charge in [-0.2, -0.15) is 5.10 Å². The van der Waals surface area contributed by atoms with E-state index in [4.69, 9.17) is 28.3 Å². The molecule has 0 bridgehead atoms. The molecule has 0 unspecified atom stereocenters. The van der Waals surface area contributed by atoms with Crippen LogP contribution in [0.2, 0.25) is 10.0 Å². The van der Waals surface area contributed by atoms with Crippen LogP contribution >= 0.6 is 35.0 Å². The summed E-state index contributed by atoms with van der Waals surface area (Å²) in [7, 11) is 0. The lowest BCUT2D eigenvalue weighted by Crippen LogP contribution is -2.02. The van der Waals surface area contributed by atoms with Crippen molar-refractivity contribution in [2.24, 2.45) is 0 Å². The number of hydrogen-bond donors (Lipinski definition) is 0. The standard InChI is InChI=1S/C18H20Cl2N4S/c1-3-4-5-9-24-18(25-2)17(23-10-8-21-12-23)16(22-24)14-7-6-13(19)11-15(14)20/h6-8,10-12H,3-5,9H2,1-2H3. The number of aromatic nitrogens is 4. The van der Waals surface area contributed by atoms with Crippen LogP contribution in [0.5, 0.6) is 0 Å². The Morgan fingerprint density at radius 1 is 1.20 bits per heavy atom. The molecule has 3 aromatic rings. The van der Waals surface area contributed by atoms with Gasteiger partial charge in [-0.15, -0.1) is 11.8 Å². The Balaban J connectivity index is 2.15. The van der Waals surface area contributed by atoms with Crippen LogP contribution in [0.4, 0.5) is 0 Å². The molecule has 0 aliphatic carbocycles. The molecular formula is C18H20Cl2N4S. The molecule has 0 amide bonds. The van der Waals surface area contributed by atoms with Gasteiger partial charge in [-0.05, 0) is 30.9 Å².